The molecule has 1 saturated carbocycles. The van der Waals surface area contributed by atoms with Crippen LogP contribution in [0.2, 0.25) is 0 Å². The number of anilines is 2. The Bertz CT molecular complexity index is 1250. The lowest BCUT2D eigenvalue weighted by Gasteiger charge is -2.59. The fourth-order valence-corrected chi connectivity index (χ4v) is 5.96. The number of aromatic nitrogens is 3. The first-order valence-electron chi connectivity index (χ1n) is 11.3. The van der Waals surface area contributed by atoms with Crippen LogP contribution < -0.4 is 10.2 Å². The molecule has 166 valence electrons. The van der Waals surface area contributed by atoms with E-state index in [1.807, 2.05) is 35.0 Å². The molecule has 1 spiro atoms. The number of amides is 1. The number of pyridine rings is 1. The first kappa shape index (κ1) is 20.2. The molecule has 6 nitrogen and oxygen atoms in total. The van der Waals surface area contributed by atoms with Crippen LogP contribution in [0.5, 0.6) is 0 Å². The number of carbonyl (C=O) groups excluding carboxylic acids is 1. The second-order valence-corrected chi connectivity index (χ2v) is 10.1. The first-order valence-corrected chi connectivity index (χ1v) is 12.2. The Kier molecular flexibility index (Phi) is 4.99. The van der Waals surface area contributed by atoms with Crippen LogP contribution in [-0.2, 0) is 6.54 Å². The topological polar surface area (TPSA) is 63.1 Å². The minimum atomic E-state index is -0.127. The van der Waals surface area contributed by atoms with Gasteiger partial charge in [0, 0.05) is 60.6 Å². The van der Waals surface area contributed by atoms with Gasteiger partial charge in [0.05, 0.1) is 5.69 Å². The van der Waals surface area contributed by atoms with E-state index in [0.717, 1.165) is 24.3 Å². The van der Waals surface area contributed by atoms with Gasteiger partial charge in [0.25, 0.3) is 5.91 Å². The molecule has 4 heterocycles. The van der Waals surface area contributed by atoms with Gasteiger partial charge < -0.3 is 9.47 Å². The molecular weight excluding hydrogens is 430 g/mol. The molecule has 1 saturated heterocycles. The lowest BCUT2D eigenvalue weighted by atomic mass is 9.57. The van der Waals surface area contributed by atoms with E-state index in [-0.39, 0.29) is 5.91 Å². The molecular formula is C26H25N5OS. The molecule has 1 aliphatic carbocycles. The molecule has 0 radical (unpaired) electrons. The van der Waals surface area contributed by atoms with Crippen molar-refractivity contribution in [3.8, 4) is 0 Å². The minimum absolute atomic E-state index is 0.127. The fourth-order valence-electron chi connectivity index (χ4n) is 5.17. The van der Waals surface area contributed by atoms with E-state index in [4.69, 9.17) is 4.98 Å². The Morgan fingerprint density at radius 1 is 1.06 bits per heavy atom. The van der Waals surface area contributed by atoms with Gasteiger partial charge in [-0.3, -0.25) is 15.1 Å². The summed E-state index contributed by atoms with van der Waals surface area (Å²) in [5, 5.41) is 5.78. The summed E-state index contributed by atoms with van der Waals surface area (Å²) in [6.07, 6.45) is 7.82. The number of nitrogens with one attached hydrogen (secondary N) is 1. The van der Waals surface area contributed by atoms with Crippen molar-refractivity contribution in [1.29, 1.82) is 0 Å². The zero-order chi connectivity index (χ0) is 22.3. The van der Waals surface area contributed by atoms with Crippen LogP contribution in [0.1, 0.15) is 40.5 Å². The molecule has 2 fully saturated rings. The highest BCUT2D eigenvalue weighted by molar-refractivity contribution is 7.14. The number of rotatable bonds is 6. The Morgan fingerprint density at radius 2 is 1.85 bits per heavy atom. The zero-order valence-corrected chi connectivity index (χ0v) is 19.0. The largest absolute Gasteiger partial charge is 0.370 e. The molecule has 33 heavy (non-hydrogen) atoms. The number of carbonyl (C=O) groups is 1. The zero-order valence-electron chi connectivity index (χ0n) is 18.2. The lowest BCUT2D eigenvalue weighted by molar-refractivity contribution is 0.0619. The number of para-hydroxylation sites is 1. The summed E-state index contributed by atoms with van der Waals surface area (Å²) in [5.41, 5.74) is 4.61. The lowest BCUT2D eigenvalue weighted by Crippen LogP contribution is -2.61. The molecule has 2 aliphatic rings. The maximum atomic E-state index is 12.9. The Hall–Kier alpha value is -3.45. The third-order valence-electron chi connectivity index (χ3n) is 6.86. The van der Waals surface area contributed by atoms with Gasteiger partial charge in [0.1, 0.15) is 5.69 Å². The fraction of sp³-hybridized carbons (Fsp3) is 0.269. The molecule has 0 atom stereocenters. The van der Waals surface area contributed by atoms with E-state index in [9.17, 15) is 4.79 Å². The van der Waals surface area contributed by atoms with Crippen molar-refractivity contribution in [2.24, 2.45) is 5.41 Å². The molecule has 1 aliphatic heterocycles. The van der Waals surface area contributed by atoms with Crippen molar-refractivity contribution in [1.82, 2.24) is 14.5 Å². The van der Waals surface area contributed by atoms with E-state index in [2.05, 4.69) is 50.9 Å². The molecule has 1 aromatic carbocycles. The van der Waals surface area contributed by atoms with Gasteiger partial charge >= 0.3 is 0 Å². The van der Waals surface area contributed by atoms with Crippen LogP contribution in [0.3, 0.4) is 0 Å². The quantitative estimate of drug-likeness (QED) is 0.443. The van der Waals surface area contributed by atoms with Crippen LogP contribution in [0.4, 0.5) is 10.8 Å². The second-order valence-electron chi connectivity index (χ2n) is 9.21. The van der Waals surface area contributed by atoms with Gasteiger partial charge in [-0.25, -0.2) is 4.98 Å². The summed E-state index contributed by atoms with van der Waals surface area (Å²) in [5.74, 6) is 0.373. The molecule has 7 heteroatoms. The summed E-state index contributed by atoms with van der Waals surface area (Å²) in [6, 6.07) is 18.3. The van der Waals surface area contributed by atoms with Crippen LogP contribution in [0.25, 0.3) is 0 Å². The standard InChI is InChI=1S/C26H25N5OS/c32-24(23-7-4-12-30(23)15-19-8-10-27-11-9-19)29-25-28-22(16-33-25)20-13-26(14-20)17-31(18-26)21-5-2-1-3-6-21/h1-12,16,20H,13-15,17-18H2,(H,28,29,32). The van der Waals surface area contributed by atoms with Crippen LogP contribution in [0.15, 0.2) is 78.6 Å². The Morgan fingerprint density at radius 3 is 2.64 bits per heavy atom. The van der Waals surface area contributed by atoms with Crippen molar-refractivity contribution in [2.75, 3.05) is 23.3 Å². The first-order chi connectivity index (χ1) is 16.2. The van der Waals surface area contributed by atoms with Crippen molar-refractivity contribution in [3.63, 3.8) is 0 Å². The van der Waals surface area contributed by atoms with Gasteiger partial charge in [-0.2, -0.15) is 0 Å². The molecule has 6 rings (SSSR count). The number of thiazole rings is 1. The third kappa shape index (κ3) is 3.93. The van der Waals surface area contributed by atoms with E-state index in [0.29, 0.717) is 28.7 Å². The van der Waals surface area contributed by atoms with E-state index < -0.39 is 0 Å². The number of nitrogens with zero attached hydrogens (tertiary/aromatic N) is 4. The number of benzene rings is 1. The van der Waals surface area contributed by atoms with Gasteiger partial charge in [0.2, 0.25) is 0 Å². The minimum Gasteiger partial charge on any atom is -0.370 e. The molecule has 0 bridgehead atoms. The predicted molar refractivity (Wildman–Crippen MR) is 131 cm³/mol. The highest BCUT2D eigenvalue weighted by atomic mass is 32.1. The summed E-state index contributed by atoms with van der Waals surface area (Å²) >= 11 is 1.51. The predicted octanol–water partition coefficient (Wildman–Crippen LogP) is 5.02. The summed E-state index contributed by atoms with van der Waals surface area (Å²) in [6.45, 7) is 2.90. The summed E-state index contributed by atoms with van der Waals surface area (Å²) < 4.78 is 1.95. The molecule has 1 amide bonds. The van der Waals surface area contributed by atoms with Gasteiger partial charge in [-0.15, -0.1) is 11.3 Å². The summed E-state index contributed by atoms with van der Waals surface area (Å²) in [4.78, 5) is 24.2. The molecule has 3 aromatic heterocycles. The highest BCUT2D eigenvalue weighted by Gasteiger charge is 2.53. The average molecular weight is 456 g/mol. The van der Waals surface area contributed by atoms with Crippen LogP contribution >= 0.6 is 11.3 Å². The van der Waals surface area contributed by atoms with Crippen molar-refractivity contribution >= 4 is 28.1 Å². The van der Waals surface area contributed by atoms with E-state index in [1.165, 1.54) is 29.9 Å². The monoisotopic (exact) mass is 455 g/mol. The van der Waals surface area contributed by atoms with Crippen LogP contribution in [-0.4, -0.2) is 33.5 Å². The number of hydrogen-bond acceptors (Lipinski definition) is 5. The smallest absolute Gasteiger partial charge is 0.274 e. The molecule has 1 N–H and O–H groups in total. The van der Waals surface area contributed by atoms with E-state index in [1.54, 1.807) is 12.4 Å². The van der Waals surface area contributed by atoms with Crippen molar-refractivity contribution in [3.05, 3.63) is 95.5 Å². The highest BCUT2D eigenvalue weighted by Crippen LogP contribution is 2.56. The van der Waals surface area contributed by atoms with E-state index >= 15 is 0 Å². The van der Waals surface area contributed by atoms with Gasteiger partial charge in [0.15, 0.2) is 5.13 Å². The van der Waals surface area contributed by atoms with Gasteiger partial charge in [-0.1, -0.05) is 18.2 Å². The Labute approximate surface area is 196 Å². The second kappa shape index (κ2) is 8.15. The van der Waals surface area contributed by atoms with Crippen molar-refractivity contribution < 1.29 is 4.79 Å². The normalized spacial score (nSPS) is 16.9. The van der Waals surface area contributed by atoms with Crippen molar-refractivity contribution in [2.45, 2.75) is 25.3 Å². The molecule has 4 aromatic rings. The maximum Gasteiger partial charge on any atom is 0.274 e. The molecule has 0 unspecified atom stereocenters. The average Bonchev–Trinajstić information content (AvgIpc) is 3.43. The maximum absolute atomic E-state index is 12.9. The van der Waals surface area contributed by atoms with Gasteiger partial charge in [-0.05, 0) is 54.8 Å². The third-order valence-corrected chi connectivity index (χ3v) is 7.63. The van der Waals surface area contributed by atoms with Crippen LogP contribution in [0, 0.1) is 5.41 Å². The summed E-state index contributed by atoms with van der Waals surface area (Å²) in [7, 11) is 0. The number of hydrogen-bond donors (Lipinski definition) is 1. The SMILES string of the molecule is O=C(Nc1nc(C2CC3(C2)CN(c2ccccc2)C3)cs1)c1cccn1Cc1ccncc1. The Balaban J connectivity index is 1.05.